The molecule has 3 unspecified atom stereocenters. The van der Waals surface area contributed by atoms with Crippen LogP contribution in [0, 0.1) is 17.7 Å². The van der Waals surface area contributed by atoms with Crippen molar-refractivity contribution >= 4 is 5.97 Å². The Morgan fingerprint density at radius 2 is 1.95 bits per heavy atom. The summed E-state index contributed by atoms with van der Waals surface area (Å²) < 4.78 is 50.4. The molecule has 6 heteroatoms. The average Bonchev–Trinajstić information content (AvgIpc) is 3.23. The van der Waals surface area contributed by atoms with Gasteiger partial charge in [-0.3, -0.25) is 0 Å². The Kier molecular flexibility index (Phi) is 3.65. The molecule has 1 aliphatic carbocycles. The fraction of sp³-hybridized carbons (Fsp3) is 0.533. The number of hydrogen-bond acceptors (Lipinski definition) is 3. The van der Waals surface area contributed by atoms with Crippen LogP contribution in [0.25, 0.3) is 0 Å². The Morgan fingerprint density at radius 1 is 1.24 bits per heavy atom. The maximum atomic E-state index is 13.9. The molecule has 0 bridgehead atoms. The minimum absolute atomic E-state index is 0.386. The van der Waals surface area contributed by atoms with Crippen LogP contribution in [-0.4, -0.2) is 25.3 Å². The van der Waals surface area contributed by atoms with E-state index in [1.165, 1.54) is 0 Å². The molecule has 0 aromatic heterocycles. The summed E-state index contributed by atoms with van der Waals surface area (Å²) in [6, 6.07) is 3.86. The summed E-state index contributed by atoms with van der Waals surface area (Å²) in [5.74, 6) is -3.70. The van der Waals surface area contributed by atoms with Gasteiger partial charge in [-0.05, 0) is 36.8 Å². The molecule has 1 saturated heterocycles. The fourth-order valence-corrected chi connectivity index (χ4v) is 2.58. The third-order valence-electron chi connectivity index (χ3n) is 4.02. The molecule has 0 N–H and O–H groups in total. The first-order valence-electron chi connectivity index (χ1n) is 6.88. The van der Waals surface area contributed by atoms with Crippen LogP contribution in [0.2, 0.25) is 0 Å². The number of carbonyl (C=O) groups excluding carboxylic acids is 1. The van der Waals surface area contributed by atoms with E-state index in [1.54, 1.807) is 0 Å². The zero-order valence-electron chi connectivity index (χ0n) is 11.2. The van der Waals surface area contributed by atoms with Crippen molar-refractivity contribution < 1.29 is 27.4 Å². The van der Waals surface area contributed by atoms with Crippen LogP contribution in [0.15, 0.2) is 24.3 Å². The maximum absolute atomic E-state index is 13.9. The smallest absolute Gasteiger partial charge is 0.335 e. The number of alkyl halides is 2. The second-order valence-electron chi connectivity index (χ2n) is 5.63. The van der Waals surface area contributed by atoms with Gasteiger partial charge in [0.1, 0.15) is 5.82 Å². The van der Waals surface area contributed by atoms with Crippen molar-refractivity contribution in [3.05, 3.63) is 35.6 Å². The summed E-state index contributed by atoms with van der Waals surface area (Å²) in [5, 5.41) is 0. The molecule has 1 saturated carbocycles. The lowest BCUT2D eigenvalue weighted by Crippen LogP contribution is -2.34. The lowest BCUT2D eigenvalue weighted by Gasteiger charge is -2.22. The fourth-order valence-electron chi connectivity index (χ4n) is 2.58. The van der Waals surface area contributed by atoms with E-state index in [4.69, 9.17) is 9.47 Å². The number of hydrogen-bond donors (Lipinski definition) is 0. The van der Waals surface area contributed by atoms with Crippen molar-refractivity contribution in [2.75, 3.05) is 13.2 Å². The number of halogens is 3. The van der Waals surface area contributed by atoms with Crippen molar-refractivity contribution in [2.24, 2.45) is 11.8 Å². The highest BCUT2D eigenvalue weighted by Crippen LogP contribution is 2.46. The monoisotopic (exact) mass is 300 g/mol. The predicted molar refractivity (Wildman–Crippen MR) is 67.2 cm³/mol. The Morgan fingerprint density at radius 3 is 2.62 bits per heavy atom. The lowest BCUT2D eigenvalue weighted by atomic mass is 10.1. The number of benzene rings is 1. The summed E-state index contributed by atoms with van der Waals surface area (Å²) in [4.78, 5) is 11.8. The van der Waals surface area contributed by atoms with E-state index >= 15 is 0 Å². The average molecular weight is 300 g/mol. The molecule has 3 rings (SSSR count). The molecule has 3 nitrogen and oxygen atoms in total. The molecule has 1 aliphatic heterocycles. The second kappa shape index (κ2) is 5.33. The van der Waals surface area contributed by atoms with Crippen LogP contribution in [0.3, 0.4) is 0 Å². The van der Waals surface area contributed by atoms with Crippen molar-refractivity contribution in [3.63, 3.8) is 0 Å². The molecule has 1 heterocycles. The molecular formula is C15H15F3O3. The van der Waals surface area contributed by atoms with E-state index in [0.29, 0.717) is 24.9 Å². The van der Waals surface area contributed by atoms with Gasteiger partial charge in [-0.2, -0.15) is 8.78 Å². The van der Waals surface area contributed by atoms with E-state index in [1.807, 2.05) is 0 Å². The van der Waals surface area contributed by atoms with Gasteiger partial charge in [-0.25, -0.2) is 9.18 Å². The molecule has 3 atom stereocenters. The zero-order valence-corrected chi connectivity index (χ0v) is 11.2. The van der Waals surface area contributed by atoms with Gasteiger partial charge in [-0.1, -0.05) is 12.1 Å². The van der Waals surface area contributed by atoms with Gasteiger partial charge in [0.05, 0.1) is 6.61 Å². The molecule has 2 aliphatic rings. The van der Waals surface area contributed by atoms with Gasteiger partial charge in [0.2, 0.25) is 0 Å². The number of rotatable bonds is 4. The van der Waals surface area contributed by atoms with Gasteiger partial charge < -0.3 is 9.47 Å². The summed E-state index contributed by atoms with van der Waals surface area (Å²) in [7, 11) is 0. The number of fused-ring (bicyclic) bond motifs is 1. The van der Waals surface area contributed by atoms with E-state index in [2.05, 4.69) is 0 Å². The SMILES string of the molecule is O=C(OCC(F)(F)c1ccc(F)cc1)C1CC2CC2CO1. The molecular weight excluding hydrogens is 285 g/mol. The summed E-state index contributed by atoms with van der Waals surface area (Å²) in [5.41, 5.74) is -0.386. The first-order valence-corrected chi connectivity index (χ1v) is 6.88. The van der Waals surface area contributed by atoms with Crippen LogP contribution in [0.1, 0.15) is 18.4 Å². The predicted octanol–water partition coefficient (Wildman–Crippen LogP) is 2.89. The largest absolute Gasteiger partial charge is 0.457 e. The Bertz CT molecular complexity index is 529. The molecule has 0 amide bonds. The van der Waals surface area contributed by atoms with Crippen molar-refractivity contribution in [1.82, 2.24) is 0 Å². The summed E-state index contributed by atoms with van der Waals surface area (Å²) >= 11 is 0. The molecule has 0 spiro atoms. The van der Waals surface area contributed by atoms with E-state index in [9.17, 15) is 18.0 Å². The summed E-state index contributed by atoms with van der Waals surface area (Å²) in [6.07, 6.45) is 0.846. The quantitative estimate of drug-likeness (QED) is 0.802. The lowest BCUT2D eigenvalue weighted by molar-refractivity contribution is -0.171. The van der Waals surface area contributed by atoms with Crippen LogP contribution < -0.4 is 0 Å². The topological polar surface area (TPSA) is 35.5 Å². The molecule has 114 valence electrons. The van der Waals surface area contributed by atoms with Crippen LogP contribution in [0.4, 0.5) is 13.2 Å². The number of esters is 1. The van der Waals surface area contributed by atoms with Gasteiger partial charge in [0.25, 0.3) is 0 Å². The standard InChI is InChI=1S/C15H15F3O3/c16-12-3-1-11(2-4-12)15(17,18)8-21-14(19)13-6-9-5-10(9)7-20-13/h1-4,9-10,13H,5-8H2. The first-order chi connectivity index (χ1) is 9.95. The highest BCUT2D eigenvalue weighted by Gasteiger charge is 2.46. The Balaban J connectivity index is 1.55. The summed E-state index contributed by atoms with van der Waals surface area (Å²) in [6.45, 7) is -0.565. The van der Waals surface area contributed by atoms with Crippen LogP contribution >= 0.6 is 0 Å². The molecule has 1 aromatic carbocycles. The first kappa shape index (κ1) is 14.4. The molecule has 1 aromatic rings. The minimum atomic E-state index is -3.35. The Hall–Kier alpha value is -1.56. The van der Waals surface area contributed by atoms with E-state index in [-0.39, 0.29) is 5.56 Å². The highest BCUT2D eigenvalue weighted by atomic mass is 19.3. The van der Waals surface area contributed by atoms with Gasteiger partial charge in [-0.15, -0.1) is 0 Å². The zero-order chi connectivity index (χ0) is 15.0. The number of carbonyl (C=O) groups is 1. The number of ether oxygens (including phenoxy) is 2. The highest BCUT2D eigenvalue weighted by molar-refractivity contribution is 5.75. The third kappa shape index (κ3) is 3.20. The maximum Gasteiger partial charge on any atom is 0.335 e. The van der Waals surface area contributed by atoms with E-state index in [0.717, 1.165) is 30.7 Å². The van der Waals surface area contributed by atoms with E-state index < -0.39 is 30.4 Å². The third-order valence-corrected chi connectivity index (χ3v) is 4.02. The van der Waals surface area contributed by atoms with Crippen LogP contribution in [-0.2, 0) is 20.2 Å². The molecule has 2 fully saturated rings. The van der Waals surface area contributed by atoms with Gasteiger partial charge in [0, 0.05) is 5.56 Å². The Labute approximate surface area is 120 Å². The molecule has 21 heavy (non-hydrogen) atoms. The second-order valence-corrected chi connectivity index (χ2v) is 5.63. The van der Waals surface area contributed by atoms with Gasteiger partial charge in [0.15, 0.2) is 12.7 Å². The van der Waals surface area contributed by atoms with Crippen molar-refractivity contribution in [2.45, 2.75) is 24.9 Å². The minimum Gasteiger partial charge on any atom is -0.457 e. The van der Waals surface area contributed by atoms with Crippen LogP contribution in [0.5, 0.6) is 0 Å². The normalized spacial score (nSPS) is 27.9. The molecule has 0 radical (unpaired) electrons. The van der Waals surface area contributed by atoms with Crippen molar-refractivity contribution in [1.29, 1.82) is 0 Å². The van der Waals surface area contributed by atoms with Gasteiger partial charge >= 0.3 is 11.9 Å². The van der Waals surface area contributed by atoms with Crippen molar-refractivity contribution in [3.8, 4) is 0 Å².